The van der Waals surface area contributed by atoms with E-state index in [2.05, 4.69) is 9.82 Å². The van der Waals surface area contributed by atoms with Crippen LogP contribution in [0, 0.1) is 12.7 Å². The average molecular weight is 417 g/mol. The first-order chi connectivity index (χ1) is 13.8. The number of aromatic nitrogens is 2. The first kappa shape index (κ1) is 20.7. The van der Waals surface area contributed by atoms with Crippen molar-refractivity contribution >= 4 is 10.0 Å². The molecule has 1 aromatic heterocycles. The Balaban J connectivity index is 1.75. The van der Waals surface area contributed by atoms with Gasteiger partial charge in [-0.3, -0.25) is 4.79 Å². The Morgan fingerprint density at radius 3 is 2.52 bits per heavy atom. The Kier molecular flexibility index (Phi) is 6.09. The fourth-order valence-corrected chi connectivity index (χ4v) is 3.91. The Morgan fingerprint density at radius 2 is 1.83 bits per heavy atom. The molecule has 0 bridgehead atoms. The van der Waals surface area contributed by atoms with Crippen LogP contribution in [-0.2, 0) is 16.6 Å². The van der Waals surface area contributed by atoms with Crippen LogP contribution < -0.4 is 15.0 Å². The molecule has 0 aliphatic rings. The number of sulfonamides is 1. The number of ether oxygens (including phenoxy) is 1. The minimum absolute atomic E-state index is 0.0194. The van der Waals surface area contributed by atoms with Gasteiger partial charge in [-0.1, -0.05) is 6.07 Å². The van der Waals surface area contributed by atoms with Crippen molar-refractivity contribution in [1.82, 2.24) is 14.5 Å². The van der Waals surface area contributed by atoms with Crippen molar-refractivity contribution in [2.45, 2.75) is 18.4 Å². The van der Waals surface area contributed by atoms with Crippen molar-refractivity contribution in [2.24, 2.45) is 0 Å². The lowest BCUT2D eigenvalue weighted by Crippen LogP contribution is -2.32. The van der Waals surface area contributed by atoms with Crippen molar-refractivity contribution in [2.75, 3.05) is 13.7 Å². The summed E-state index contributed by atoms with van der Waals surface area (Å²) in [7, 11) is -2.43. The minimum atomic E-state index is -3.83. The normalized spacial score (nSPS) is 11.4. The Hall–Kier alpha value is -3.04. The van der Waals surface area contributed by atoms with Gasteiger partial charge in [0.15, 0.2) is 0 Å². The number of methoxy groups -OCH3 is 1. The predicted octanol–water partition coefficient (Wildman–Crippen LogP) is 2.34. The van der Waals surface area contributed by atoms with Crippen LogP contribution >= 0.6 is 0 Å². The van der Waals surface area contributed by atoms with Crippen LogP contribution in [0.5, 0.6) is 5.75 Å². The first-order valence-electron chi connectivity index (χ1n) is 8.78. The summed E-state index contributed by atoms with van der Waals surface area (Å²) in [5.74, 6) is -0.130. The number of nitrogens with one attached hydrogen (secondary N) is 1. The quantitative estimate of drug-likeness (QED) is 0.637. The zero-order valence-electron chi connectivity index (χ0n) is 15.9. The first-order valence-corrected chi connectivity index (χ1v) is 10.3. The summed E-state index contributed by atoms with van der Waals surface area (Å²) in [6, 6.07) is 13.4. The number of aryl methyl sites for hydroxylation is 1. The van der Waals surface area contributed by atoms with E-state index >= 15 is 0 Å². The third-order valence-corrected chi connectivity index (χ3v) is 5.73. The number of benzene rings is 2. The van der Waals surface area contributed by atoms with Crippen LogP contribution in [0.1, 0.15) is 5.56 Å². The molecule has 0 spiro atoms. The van der Waals surface area contributed by atoms with Crippen LogP contribution in [0.25, 0.3) is 11.3 Å². The van der Waals surface area contributed by atoms with Gasteiger partial charge in [0.25, 0.3) is 5.56 Å². The van der Waals surface area contributed by atoms with E-state index in [1.54, 1.807) is 24.3 Å². The number of rotatable bonds is 7. The second-order valence-corrected chi connectivity index (χ2v) is 8.07. The van der Waals surface area contributed by atoms with Crippen molar-refractivity contribution in [1.29, 1.82) is 0 Å². The second kappa shape index (κ2) is 8.54. The molecule has 7 nitrogen and oxygen atoms in total. The summed E-state index contributed by atoms with van der Waals surface area (Å²) in [5.41, 5.74) is 1.62. The number of halogens is 1. The zero-order valence-corrected chi connectivity index (χ0v) is 16.7. The molecule has 3 aromatic rings. The van der Waals surface area contributed by atoms with E-state index in [1.807, 2.05) is 6.92 Å². The number of hydrogen-bond donors (Lipinski definition) is 1. The molecule has 9 heteroatoms. The van der Waals surface area contributed by atoms with Crippen molar-refractivity contribution in [3.63, 3.8) is 0 Å². The molecule has 3 rings (SSSR count). The van der Waals surface area contributed by atoms with Crippen LogP contribution in [-0.4, -0.2) is 31.9 Å². The Bertz CT molecular complexity index is 1180. The number of hydrogen-bond acceptors (Lipinski definition) is 5. The standard InChI is InChI=1S/C20H20FN3O4S/c1-14-3-9-19(18(13-14)28-2)29(26,27)22-11-12-24-20(25)10-8-17(23-24)15-4-6-16(21)7-5-15/h3-10,13,22H,11-12H2,1-2H3. The topological polar surface area (TPSA) is 90.3 Å². The Morgan fingerprint density at radius 1 is 1.10 bits per heavy atom. The molecular formula is C20H20FN3O4S. The van der Waals surface area contributed by atoms with Crippen LogP contribution in [0.15, 0.2) is 64.3 Å². The summed E-state index contributed by atoms with van der Waals surface area (Å²) < 4.78 is 47.0. The molecule has 2 aromatic carbocycles. The average Bonchev–Trinajstić information content (AvgIpc) is 2.69. The van der Waals surface area contributed by atoms with Crippen molar-refractivity contribution in [3.8, 4) is 17.0 Å². The number of nitrogens with zero attached hydrogens (tertiary/aromatic N) is 2. The van der Waals surface area contributed by atoms with Gasteiger partial charge in [-0.25, -0.2) is 22.2 Å². The van der Waals surface area contributed by atoms with Gasteiger partial charge < -0.3 is 4.74 Å². The fraction of sp³-hybridized carbons (Fsp3) is 0.200. The van der Waals surface area contributed by atoms with Gasteiger partial charge in [-0.15, -0.1) is 0 Å². The molecule has 1 N–H and O–H groups in total. The van der Waals surface area contributed by atoms with Crippen molar-refractivity contribution in [3.05, 3.63) is 76.3 Å². The Labute approximate surface area is 167 Å². The molecule has 0 unspecified atom stereocenters. The molecule has 0 radical (unpaired) electrons. The van der Waals surface area contributed by atoms with E-state index in [0.29, 0.717) is 11.3 Å². The van der Waals surface area contributed by atoms with Crippen LogP contribution in [0.2, 0.25) is 0 Å². The smallest absolute Gasteiger partial charge is 0.266 e. The highest BCUT2D eigenvalue weighted by Crippen LogP contribution is 2.24. The van der Waals surface area contributed by atoms with E-state index in [1.165, 1.54) is 37.4 Å². The maximum Gasteiger partial charge on any atom is 0.266 e. The maximum atomic E-state index is 13.1. The predicted molar refractivity (Wildman–Crippen MR) is 107 cm³/mol. The third-order valence-electron chi connectivity index (χ3n) is 4.23. The lowest BCUT2D eigenvalue weighted by Gasteiger charge is -2.12. The molecule has 0 aliphatic carbocycles. The summed E-state index contributed by atoms with van der Waals surface area (Å²) in [6.45, 7) is 1.82. The molecule has 0 saturated carbocycles. The molecule has 0 fully saturated rings. The highest BCUT2D eigenvalue weighted by molar-refractivity contribution is 7.89. The summed E-state index contributed by atoms with van der Waals surface area (Å²) >= 11 is 0. The van der Waals surface area contributed by atoms with Gasteiger partial charge in [0.2, 0.25) is 10.0 Å². The highest BCUT2D eigenvalue weighted by atomic mass is 32.2. The van der Waals surface area contributed by atoms with Gasteiger partial charge in [0.05, 0.1) is 19.3 Å². The van der Waals surface area contributed by atoms with Crippen LogP contribution in [0.4, 0.5) is 4.39 Å². The molecule has 0 saturated heterocycles. The molecular weight excluding hydrogens is 397 g/mol. The lowest BCUT2D eigenvalue weighted by molar-refractivity contribution is 0.402. The monoisotopic (exact) mass is 417 g/mol. The summed E-state index contributed by atoms with van der Waals surface area (Å²) in [4.78, 5) is 12.1. The van der Waals surface area contributed by atoms with Gasteiger partial charge in [0.1, 0.15) is 16.5 Å². The van der Waals surface area contributed by atoms with Gasteiger partial charge >= 0.3 is 0 Å². The fourth-order valence-electron chi connectivity index (χ4n) is 2.74. The summed E-state index contributed by atoms with van der Waals surface area (Å²) in [6.07, 6.45) is 0. The van der Waals surface area contributed by atoms with E-state index < -0.39 is 10.0 Å². The summed E-state index contributed by atoms with van der Waals surface area (Å²) in [5, 5.41) is 4.23. The third kappa shape index (κ3) is 4.87. The van der Waals surface area contributed by atoms with Crippen LogP contribution in [0.3, 0.4) is 0 Å². The molecule has 152 valence electrons. The molecule has 0 aliphatic heterocycles. The SMILES string of the molecule is COc1cc(C)ccc1S(=O)(=O)NCCn1nc(-c2ccc(F)cc2)ccc1=O. The van der Waals surface area contributed by atoms with E-state index in [4.69, 9.17) is 4.74 Å². The van der Waals surface area contributed by atoms with Gasteiger partial charge in [0, 0.05) is 18.2 Å². The van der Waals surface area contributed by atoms with E-state index in [-0.39, 0.29) is 35.1 Å². The maximum absolute atomic E-state index is 13.1. The van der Waals surface area contributed by atoms with E-state index in [9.17, 15) is 17.6 Å². The molecule has 0 atom stereocenters. The lowest BCUT2D eigenvalue weighted by atomic mass is 10.1. The zero-order chi connectivity index (χ0) is 21.0. The largest absolute Gasteiger partial charge is 0.495 e. The van der Waals surface area contributed by atoms with E-state index in [0.717, 1.165) is 10.2 Å². The molecule has 29 heavy (non-hydrogen) atoms. The van der Waals surface area contributed by atoms with Crippen molar-refractivity contribution < 1.29 is 17.5 Å². The second-order valence-electron chi connectivity index (χ2n) is 6.34. The van der Waals surface area contributed by atoms with Gasteiger partial charge in [-0.05, 0) is 55.0 Å². The highest BCUT2D eigenvalue weighted by Gasteiger charge is 2.19. The molecule has 1 heterocycles. The molecule has 0 amide bonds. The van der Waals surface area contributed by atoms with Gasteiger partial charge in [-0.2, -0.15) is 5.10 Å². The minimum Gasteiger partial charge on any atom is -0.495 e.